The van der Waals surface area contributed by atoms with Crippen molar-refractivity contribution in [2.24, 2.45) is 11.8 Å². The maximum atomic E-state index is 14.1. The fourth-order valence-electron chi connectivity index (χ4n) is 6.32. The number of nitrogens with zero attached hydrogens (tertiary/aromatic N) is 3. The maximum absolute atomic E-state index is 14.1. The molecule has 1 unspecified atom stereocenters. The zero-order valence-electron chi connectivity index (χ0n) is 20.3. The van der Waals surface area contributed by atoms with Gasteiger partial charge in [0.2, 0.25) is 11.8 Å². The fraction of sp³-hybridized carbons (Fsp3) is 0.720. The summed E-state index contributed by atoms with van der Waals surface area (Å²) in [5, 5.41) is 9.31. The molecule has 2 amide bonds. The molecule has 0 bridgehead atoms. The molecule has 5 aliphatic rings. The highest BCUT2D eigenvalue weighted by Crippen LogP contribution is 2.65. The molecule has 3 fully saturated rings. The Hall–Kier alpha value is -1.88. The number of aliphatic hydroxyl groups excluding tert-OH is 1. The van der Waals surface area contributed by atoms with Gasteiger partial charge in [0.15, 0.2) is 0 Å². The maximum Gasteiger partial charge on any atom is 0.311 e. The lowest BCUT2D eigenvalue weighted by atomic mass is 9.75. The summed E-state index contributed by atoms with van der Waals surface area (Å²) >= 11 is 1.57. The van der Waals surface area contributed by atoms with Gasteiger partial charge in [-0.1, -0.05) is 18.2 Å². The zero-order valence-corrected chi connectivity index (χ0v) is 21.1. The number of cyclic esters (lactones) is 1. The number of carbonyl (C=O) groups excluding carboxylic acids is 3. The smallest absolute Gasteiger partial charge is 0.311 e. The van der Waals surface area contributed by atoms with Crippen LogP contribution in [0.4, 0.5) is 0 Å². The minimum absolute atomic E-state index is 0.0351. The van der Waals surface area contributed by atoms with Crippen LogP contribution in [-0.2, 0) is 23.9 Å². The van der Waals surface area contributed by atoms with E-state index in [0.29, 0.717) is 45.7 Å². The summed E-state index contributed by atoms with van der Waals surface area (Å²) in [6.45, 7) is 7.53. The molecule has 5 atom stereocenters. The molecule has 0 radical (unpaired) electrons. The quantitative estimate of drug-likeness (QED) is 0.300. The predicted molar refractivity (Wildman–Crippen MR) is 131 cm³/mol. The minimum atomic E-state index is -0.832. The number of hydrogen-bond acceptors (Lipinski definition) is 8. The first-order valence-corrected chi connectivity index (χ1v) is 13.5. The van der Waals surface area contributed by atoms with E-state index in [2.05, 4.69) is 4.90 Å². The summed E-state index contributed by atoms with van der Waals surface area (Å²) in [5.41, 5.74) is 0. The third-order valence-electron chi connectivity index (χ3n) is 7.99. The lowest BCUT2D eigenvalue weighted by molar-refractivity contribution is -0.152. The van der Waals surface area contributed by atoms with Crippen molar-refractivity contribution in [3.05, 3.63) is 24.3 Å². The van der Waals surface area contributed by atoms with Crippen LogP contribution in [0.25, 0.3) is 0 Å². The third-order valence-corrected chi connectivity index (χ3v) is 9.79. The number of amides is 2. The predicted octanol–water partition coefficient (Wildman–Crippen LogP) is 0.290. The van der Waals surface area contributed by atoms with E-state index in [0.717, 1.165) is 19.6 Å². The van der Waals surface area contributed by atoms with Crippen molar-refractivity contribution in [3.63, 3.8) is 0 Å². The Balaban J connectivity index is 1.47. The Morgan fingerprint density at radius 2 is 1.83 bits per heavy atom. The topological polar surface area (TPSA) is 99.6 Å². The number of morpholine rings is 1. The number of esters is 1. The number of aliphatic hydroxyl groups is 1. The van der Waals surface area contributed by atoms with Crippen LogP contribution in [-0.4, -0.2) is 119 Å². The molecule has 0 aromatic rings. The molecule has 1 spiro atoms. The number of thioether (sulfide) groups is 1. The first-order valence-electron chi connectivity index (χ1n) is 12.6. The van der Waals surface area contributed by atoms with Gasteiger partial charge in [-0.25, -0.2) is 0 Å². The standard InChI is InChI=1S/C25H35N3O6S/c1-24-6-5-15-34-23(32)19(24)18-21(30)28(9-2-3-14-29)20-22(31)27(8-4-7-25(18,20)35-24)11-10-26-12-16-33-17-13-26/h4-7,18-20,29H,2-3,8-17H2,1H3/t18-,19+,20?,24-,25-/m0/s1. The Bertz CT molecular complexity index is 921. The van der Waals surface area contributed by atoms with E-state index in [4.69, 9.17) is 9.47 Å². The fourth-order valence-corrected chi connectivity index (χ4v) is 8.48. The van der Waals surface area contributed by atoms with Crippen molar-refractivity contribution in [2.75, 3.05) is 65.7 Å². The molecule has 35 heavy (non-hydrogen) atoms. The summed E-state index contributed by atoms with van der Waals surface area (Å²) in [6.07, 6.45) is 9.02. The summed E-state index contributed by atoms with van der Waals surface area (Å²) in [6, 6.07) is -0.683. The lowest BCUT2D eigenvalue weighted by Crippen LogP contribution is -2.54. The number of ether oxygens (including phenoxy) is 2. The zero-order chi connectivity index (χ0) is 24.6. The highest BCUT2D eigenvalue weighted by atomic mass is 32.2. The van der Waals surface area contributed by atoms with Gasteiger partial charge in [-0.15, -0.1) is 11.8 Å². The SMILES string of the molecule is C[C@]12C=CCOC(=O)[C@H]1[C@H]1C(=O)N(CCCCO)C3C(=O)N(CCN4CCOCC4)CC=C[C@@]31S2. The highest BCUT2D eigenvalue weighted by Gasteiger charge is 2.73. The van der Waals surface area contributed by atoms with Gasteiger partial charge in [0.25, 0.3) is 0 Å². The summed E-state index contributed by atoms with van der Waals surface area (Å²) in [7, 11) is 0. The Kier molecular flexibility index (Phi) is 7.00. The van der Waals surface area contributed by atoms with Crippen LogP contribution in [0.3, 0.4) is 0 Å². The Morgan fingerprint density at radius 1 is 1.03 bits per heavy atom. The minimum Gasteiger partial charge on any atom is -0.461 e. The van der Waals surface area contributed by atoms with Gasteiger partial charge in [-0.2, -0.15) is 0 Å². The average molecular weight is 506 g/mol. The van der Waals surface area contributed by atoms with Gasteiger partial charge in [0.05, 0.1) is 29.8 Å². The van der Waals surface area contributed by atoms with Crippen LogP contribution in [0, 0.1) is 11.8 Å². The number of likely N-dealkylation sites (tertiary alicyclic amines) is 1. The molecule has 9 nitrogen and oxygen atoms in total. The van der Waals surface area contributed by atoms with Crippen molar-refractivity contribution in [3.8, 4) is 0 Å². The number of fused-ring (bicyclic) bond motifs is 2. The molecule has 5 rings (SSSR count). The van der Waals surface area contributed by atoms with E-state index in [9.17, 15) is 19.5 Å². The molecule has 3 saturated heterocycles. The van der Waals surface area contributed by atoms with Gasteiger partial charge in [0.1, 0.15) is 12.6 Å². The van der Waals surface area contributed by atoms with E-state index in [1.54, 1.807) is 16.7 Å². The van der Waals surface area contributed by atoms with Crippen molar-refractivity contribution >= 4 is 29.5 Å². The second-order valence-corrected chi connectivity index (χ2v) is 11.9. The number of carbonyl (C=O) groups is 3. The summed E-state index contributed by atoms with van der Waals surface area (Å²) < 4.78 is 9.44. The molecule has 5 aliphatic heterocycles. The van der Waals surface area contributed by atoms with E-state index < -0.39 is 27.4 Å². The second kappa shape index (κ2) is 9.88. The van der Waals surface area contributed by atoms with E-state index in [1.165, 1.54) is 0 Å². The van der Waals surface area contributed by atoms with Crippen LogP contribution >= 0.6 is 11.8 Å². The average Bonchev–Trinajstić information content (AvgIpc) is 3.10. The molecule has 1 N–H and O–H groups in total. The van der Waals surface area contributed by atoms with Gasteiger partial charge >= 0.3 is 5.97 Å². The molecule has 192 valence electrons. The third kappa shape index (κ3) is 4.22. The number of rotatable bonds is 7. The van der Waals surface area contributed by atoms with Crippen molar-refractivity contribution in [1.82, 2.24) is 14.7 Å². The molecule has 0 aliphatic carbocycles. The Labute approximate surface area is 210 Å². The molecule has 0 aromatic heterocycles. The van der Waals surface area contributed by atoms with Crippen LogP contribution in [0.2, 0.25) is 0 Å². The molecule has 0 aromatic carbocycles. The molecular weight excluding hydrogens is 470 g/mol. The molecule has 10 heteroatoms. The highest BCUT2D eigenvalue weighted by molar-refractivity contribution is 8.02. The van der Waals surface area contributed by atoms with Gasteiger partial charge in [-0.05, 0) is 25.8 Å². The molecule has 0 saturated carbocycles. The van der Waals surface area contributed by atoms with Crippen LogP contribution < -0.4 is 0 Å². The largest absolute Gasteiger partial charge is 0.461 e. The number of unbranched alkanes of at least 4 members (excludes halogenated alkanes) is 1. The van der Waals surface area contributed by atoms with Crippen LogP contribution in [0.15, 0.2) is 24.3 Å². The second-order valence-electron chi connectivity index (χ2n) is 10.1. The van der Waals surface area contributed by atoms with Crippen molar-refractivity contribution < 1.29 is 29.0 Å². The lowest BCUT2D eigenvalue weighted by Gasteiger charge is -2.37. The first kappa shape index (κ1) is 24.8. The molecular formula is C25H35N3O6S. The summed E-state index contributed by atoms with van der Waals surface area (Å²) in [4.78, 5) is 47.1. The van der Waals surface area contributed by atoms with Gasteiger partial charge < -0.3 is 24.4 Å². The van der Waals surface area contributed by atoms with Gasteiger partial charge in [-0.3, -0.25) is 19.3 Å². The van der Waals surface area contributed by atoms with E-state index >= 15 is 0 Å². The van der Waals surface area contributed by atoms with Crippen LogP contribution in [0.5, 0.6) is 0 Å². The van der Waals surface area contributed by atoms with Gasteiger partial charge in [0, 0.05) is 50.6 Å². The normalized spacial score (nSPS) is 37.1. The van der Waals surface area contributed by atoms with E-state index in [1.807, 2.05) is 36.1 Å². The van der Waals surface area contributed by atoms with Crippen molar-refractivity contribution in [2.45, 2.75) is 35.3 Å². The summed E-state index contributed by atoms with van der Waals surface area (Å²) in [5.74, 6) is -1.90. The number of hydrogen-bond donors (Lipinski definition) is 1. The van der Waals surface area contributed by atoms with Crippen LogP contribution in [0.1, 0.15) is 19.8 Å². The Morgan fingerprint density at radius 3 is 2.60 bits per heavy atom. The monoisotopic (exact) mass is 505 g/mol. The van der Waals surface area contributed by atoms with Crippen molar-refractivity contribution in [1.29, 1.82) is 0 Å². The first-order chi connectivity index (χ1) is 16.9. The molecule has 5 heterocycles. The van der Waals surface area contributed by atoms with E-state index in [-0.39, 0.29) is 31.0 Å².